The van der Waals surface area contributed by atoms with Crippen molar-refractivity contribution in [2.75, 3.05) is 7.11 Å². The summed E-state index contributed by atoms with van der Waals surface area (Å²) in [7, 11) is 1.37. The van der Waals surface area contributed by atoms with Crippen LogP contribution in [0.15, 0.2) is 36.9 Å². The minimum absolute atomic E-state index is 0. The molecule has 45 heavy (non-hydrogen) atoms. The van der Waals surface area contributed by atoms with Crippen molar-refractivity contribution in [1.29, 1.82) is 0 Å². The normalized spacial score (nSPS) is 18.1. The molecule has 0 saturated heterocycles. The summed E-state index contributed by atoms with van der Waals surface area (Å²) < 4.78 is 5.34. The van der Waals surface area contributed by atoms with E-state index in [-0.39, 0.29) is 23.1 Å². The Hall–Kier alpha value is -3.80. The molecule has 5 heterocycles. The molecule has 8 bridgehead atoms. The number of methoxy groups -OCH3 is 1. The number of carbonyl (C=O) groups is 1. The molecule has 2 aliphatic heterocycles. The van der Waals surface area contributed by atoms with E-state index in [0.29, 0.717) is 44.8 Å². The first-order chi connectivity index (χ1) is 21.0. The average Bonchev–Trinajstić information content (AvgIpc) is 3.72. The molecule has 0 radical (unpaired) electrons. The largest absolute Gasteiger partial charge is 2.00 e. The number of aliphatic hydroxyl groups is 2. The maximum Gasteiger partial charge on any atom is 2.00 e. The summed E-state index contributed by atoms with van der Waals surface area (Å²) in [6, 6.07) is 5.79. The number of aliphatic carboxylic acids is 1. The van der Waals surface area contributed by atoms with Crippen molar-refractivity contribution in [3.05, 3.63) is 87.5 Å². The second-order valence-electron chi connectivity index (χ2n) is 11.3. The summed E-state index contributed by atoms with van der Waals surface area (Å²) in [6.07, 6.45) is 2.60. The Kier molecular flexibility index (Phi) is 8.82. The number of carboxylic acids is 1. The van der Waals surface area contributed by atoms with E-state index in [4.69, 9.17) is 24.7 Å². The number of ether oxygens (including phenoxy) is 1. The number of aromatic nitrogens is 4. The fourth-order valence-electron chi connectivity index (χ4n) is 6.62. The zero-order chi connectivity index (χ0) is 31.6. The Morgan fingerprint density at radius 1 is 1.02 bits per heavy atom. The Morgan fingerprint density at radius 3 is 2.31 bits per heavy atom. The Bertz CT molecular complexity index is 2030. The van der Waals surface area contributed by atoms with E-state index in [1.807, 2.05) is 39.0 Å². The van der Waals surface area contributed by atoms with Gasteiger partial charge in [0.05, 0.1) is 34.8 Å². The molecule has 3 aromatic heterocycles. The van der Waals surface area contributed by atoms with Crippen molar-refractivity contribution in [1.82, 2.24) is 19.9 Å². The number of hydrogen-bond donors (Lipinski definition) is 3. The van der Waals surface area contributed by atoms with Crippen molar-refractivity contribution >= 4 is 79.5 Å². The third-order valence-corrected chi connectivity index (χ3v) is 9.04. The van der Waals surface area contributed by atoms with Gasteiger partial charge in [0.25, 0.3) is 0 Å². The molecule has 0 spiro atoms. The van der Waals surface area contributed by atoms with Crippen LogP contribution in [-0.2, 0) is 16.0 Å². The van der Waals surface area contributed by atoms with E-state index in [0.717, 1.165) is 62.6 Å². The van der Waals surface area contributed by atoms with E-state index in [1.165, 1.54) is 13.2 Å². The number of aryl methyl sites for hydroxylation is 3. The monoisotopic (exact) mass is 614 g/mol. The summed E-state index contributed by atoms with van der Waals surface area (Å²) in [4.78, 5) is 31.6. The molecule has 3 aliphatic rings. The van der Waals surface area contributed by atoms with Gasteiger partial charge in [0.2, 0.25) is 0 Å². The molecular formula is C35H34MgN4O5. The minimum atomic E-state index is -1.37. The Morgan fingerprint density at radius 2 is 1.67 bits per heavy atom. The van der Waals surface area contributed by atoms with Gasteiger partial charge in [0, 0.05) is 24.3 Å². The van der Waals surface area contributed by atoms with Gasteiger partial charge in [-0.25, -0.2) is 14.8 Å². The first-order valence-corrected chi connectivity index (χ1v) is 14.5. The van der Waals surface area contributed by atoms with Crippen LogP contribution in [0, 0.1) is 13.8 Å². The van der Waals surface area contributed by atoms with Crippen molar-refractivity contribution in [2.45, 2.75) is 59.4 Å². The summed E-state index contributed by atoms with van der Waals surface area (Å²) in [6.45, 7) is 13.9. The predicted octanol–water partition coefficient (Wildman–Crippen LogP) is 4.94. The molecule has 3 N–H and O–H groups in total. The van der Waals surface area contributed by atoms with Gasteiger partial charge in [-0.05, 0) is 62.5 Å². The van der Waals surface area contributed by atoms with Gasteiger partial charge in [-0.3, -0.25) is 0 Å². The minimum Gasteiger partial charge on any atom is -0.657 e. The van der Waals surface area contributed by atoms with Crippen LogP contribution in [0.4, 0.5) is 0 Å². The molecule has 1 aliphatic carbocycles. The smallest absolute Gasteiger partial charge is 0.657 e. The molecule has 3 aromatic rings. The van der Waals surface area contributed by atoms with Crippen LogP contribution in [0.1, 0.15) is 77.3 Å². The molecule has 2 unspecified atom stereocenters. The Labute approximate surface area is 277 Å². The van der Waals surface area contributed by atoms with Crippen LogP contribution in [0.3, 0.4) is 0 Å². The zero-order valence-electron chi connectivity index (χ0n) is 26.3. The van der Waals surface area contributed by atoms with E-state index in [2.05, 4.69) is 20.4 Å². The van der Waals surface area contributed by atoms with Crippen molar-refractivity contribution in [3.63, 3.8) is 0 Å². The number of allylic oxidation sites excluding steroid dienone is 4. The average molecular weight is 615 g/mol. The second-order valence-corrected chi connectivity index (χ2v) is 11.3. The fraction of sp³-hybridized carbons (Fsp3) is 0.286. The number of rotatable bonds is 6. The fourth-order valence-corrected chi connectivity index (χ4v) is 6.62. The molecule has 10 heteroatoms. The molecule has 3 atom stereocenters. The number of fused-ring (bicyclic) bond motifs is 8. The van der Waals surface area contributed by atoms with E-state index >= 15 is 0 Å². The summed E-state index contributed by atoms with van der Waals surface area (Å²) in [5, 5.41) is 32.2. The second kappa shape index (κ2) is 12.2. The third-order valence-electron chi connectivity index (χ3n) is 9.04. The molecule has 9 nitrogen and oxygen atoms in total. The van der Waals surface area contributed by atoms with Gasteiger partial charge in [-0.1, -0.05) is 54.5 Å². The van der Waals surface area contributed by atoms with Gasteiger partial charge in [0.15, 0.2) is 6.29 Å². The SMILES string of the molecule is C=CC1=C(C)c2cc3[n-]c(c(/C=C/C(=O)O)c3C)c3c4nc(cc5[n-]c(cc1n2)c(C)c5CC)C(C)=C4C(O)[C@@H]3C(O)OC.[Mg+2]. The number of nitrogens with zero attached hydrogens (tertiary/aromatic N) is 4. The molecular weight excluding hydrogens is 581 g/mol. The summed E-state index contributed by atoms with van der Waals surface area (Å²) >= 11 is 0. The maximum absolute atomic E-state index is 11.7. The van der Waals surface area contributed by atoms with Crippen LogP contribution in [-0.4, -0.2) is 73.8 Å². The van der Waals surface area contributed by atoms with Gasteiger partial charge in [0.1, 0.15) is 0 Å². The van der Waals surface area contributed by atoms with Gasteiger partial charge >= 0.3 is 29.0 Å². The molecule has 226 valence electrons. The van der Waals surface area contributed by atoms with Gasteiger partial charge in [-0.2, -0.15) is 0 Å². The molecule has 0 fully saturated rings. The van der Waals surface area contributed by atoms with E-state index in [9.17, 15) is 20.1 Å². The Balaban J connectivity index is 0.00000400. The molecule has 0 aromatic carbocycles. The van der Waals surface area contributed by atoms with Crippen molar-refractivity contribution in [2.24, 2.45) is 0 Å². The van der Waals surface area contributed by atoms with Crippen LogP contribution < -0.4 is 9.97 Å². The zero-order valence-corrected chi connectivity index (χ0v) is 27.7. The topological polar surface area (TPSA) is 141 Å². The number of hydrogen-bond acceptors (Lipinski definition) is 6. The quantitative estimate of drug-likeness (QED) is 0.200. The number of carboxylic acid groups (broad SMARTS) is 1. The van der Waals surface area contributed by atoms with Crippen molar-refractivity contribution in [3.8, 4) is 0 Å². The standard InChI is InChI=1S/C35H35N4O5.Mg/c1-8-19-15(3)22-12-24-17(5)21(10-11-28(40)41)32(38-24)30-31(35(43)44-7)34(42)29-18(6)25(39-33(29)30)14-27-20(9-2)16(4)23(37-27)13-26(19)36-22;/h8,10-14,31,34-35,42-43H,1,9H2,2-7H3,(H2-,36,37,38,39,40,41);/q-1;+2/p-1/b11-10+,22-12?,23-13?,24-12?,25-14?,26-13?,27-14?,32-30?;/t31-,34?,35?;/m1./s1. The van der Waals surface area contributed by atoms with Crippen LogP contribution in [0.2, 0.25) is 0 Å². The molecule has 0 amide bonds. The first-order valence-electron chi connectivity index (χ1n) is 14.5. The number of aliphatic hydroxyl groups excluding tert-OH is 2. The first kappa shape index (κ1) is 32.6. The summed E-state index contributed by atoms with van der Waals surface area (Å²) in [5.41, 5.74) is 12.2. The van der Waals surface area contributed by atoms with E-state index in [1.54, 1.807) is 6.08 Å². The summed E-state index contributed by atoms with van der Waals surface area (Å²) in [5.74, 6) is -2.02. The van der Waals surface area contributed by atoms with Crippen LogP contribution >= 0.6 is 0 Å². The van der Waals surface area contributed by atoms with Crippen LogP contribution in [0.25, 0.3) is 50.4 Å². The molecule has 6 rings (SSSR count). The predicted molar refractivity (Wildman–Crippen MR) is 177 cm³/mol. The van der Waals surface area contributed by atoms with Gasteiger partial charge in [-0.15, -0.1) is 22.1 Å². The third kappa shape index (κ3) is 5.10. The van der Waals surface area contributed by atoms with Gasteiger partial charge < -0.3 is 30.0 Å². The van der Waals surface area contributed by atoms with Crippen molar-refractivity contribution < 1.29 is 24.9 Å². The van der Waals surface area contributed by atoms with Crippen LogP contribution in [0.5, 0.6) is 0 Å². The van der Waals surface area contributed by atoms with E-state index < -0.39 is 24.3 Å². The molecule has 0 saturated carbocycles. The maximum atomic E-state index is 11.7.